The number of rotatable bonds is 3. The number of anilines is 2. The van der Waals surface area contributed by atoms with Crippen molar-refractivity contribution in [1.29, 1.82) is 0 Å². The number of aromatic hydroxyl groups is 1. The second kappa shape index (κ2) is 6.35. The number of amides is 2. The highest BCUT2D eigenvalue weighted by Gasteiger charge is 2.20. The maximum Gasteiger partial charge on any atom is 0.314 e. The zero-order chi connectivity index (χ0) is 16.1. The molecule has 112 valence electrons. The van der Waals surface area contributed by atoms with Crippen LogP contribution in [0, 0.1) is 10.1 Å². The van der Waals surface area contributed by atoms with Crippen LogP contribution in [-0.4, -0.2) is 21.8 Å². The molecule has 2 amide bonds. The summed E-state index contributed by atoms with van der Waals surface area (Å²) >= 11 is 0. The van der Waals surface area contributed by atoms with Gasteiger partial charge in [0.1, 0.15) is 11.4 Å². The molecular formula is C14H11N3O5. The van der Waals surface area contributed by atoms with Crippen LogP contribution in [0.5, 0.6) is 5.75 Å². The molecule has 22 heavy (non-hydrogen) atoms. The van der Waals surface area contributed by atoms with Gasteiger partial charge in [0.05, 0.1) is 10.6 Å². The zero-order valence-corrected chi connectivity index (χ0v) is 11.1. The minimum Gasteiger partial charge on any atom is -0.506 e. The Morgan fingerprint density at radius 2 is 1.41 bits per heavy atom. The van der Waals surface area contributed by atoms with E-state index in [9.17, 15) is 24.8 Å². The zero-order valence-electron chi connectivity index (χ0n) is 11.1. The van der Waals surface area contributed by atoms with E-state index in [4.69, 9.17) is 0 Å². The van der Waals surface area contributed by atoms with E-state index in [1.165, 1.54) is 36.4 Å². The number of hydrogen-bond acceptors (Lipinski definition) is 5. The van der Waals surface area contributed by atoms with Gasteiger partial charge in [-0.05, 0) is 18.2 Å². The second-order valence-corrected chi connectivity index (χ2v) is 4.20. The Labute approximate surface area is 124 Å². The summed E-state index contributed by atoms with van der Waals surface area (Å²) in [4.78, 5) is 33.7. The standard InChI is InChI=1S/C14H11N3O5/c18-12-8-4-2-6-10(12)16-14(20)13(19)15-9-5-1-3-7-11(9)17(21)22/h1-8,18H,(H,15,19)(H,16,20). The van der Waals surface area contributed by atoms with E-state index in [0.29, 0.717) is 0 Å². The number of nitro groups is 1. The van der Waals surface area contributed by atoms with Gasteiger partial charge in [-0.3, -0.25) is 19.7 Å². The van der Waals surface area contributed by atoms with Gasteiger partial charge in [0.25, 0.3) is 5.69 Å². The van der Waals surface area contributed by atoms with Gasteiger partial charge in [0, 0.05) is 6.07 Å². The van der Waals surface area contributed by atoms with E-state index in [1.54, 1.807) is 12.1 Å². The normalized spacial score (nSPS) is 9.82. The number of phenolic OH excluding ortho intramolecular Hbond substituents is 1. The quantitative estimate of drug-likeness (QED) is 0.346. The Morgan fingerprint density at radius 3 is 2.00 bits per heavy atom. The van der Waals surface area contributed by atoms with Crippen LogP contribution in [0.15, 0.2) is 48.5 Å². The molecule has 0 fully saturated rings. The summed E-state index contributed by atoms with van der Waals surface area (Å²) < 4.78 is 0. The third-order valence-corrected chi connectivity index (χ3v) is 2.71. The molecule has 0 aliphatic rings. The van der Waals surface area contributed by atoms with E-state index in [2.05, 4.69) is 10.6 Å². The van der Waals surface area contributed by atoms with Crippen molar-refractivity contribution in [3.05, 3.63) is 58.6 Å². The van der Waals surface area contributed by atoms with Crippen LogP contribution in [-0.2, 0) is 9.59 Å². The highest BCUT2D eigenvalue weighted by molar-refractivity contribution is 6.44. The molecule has 0 saturated carbocycles. The van der Waals surface area contributed by atoms with Crippen molar-refractivity contribution in [2.45, 2.75) is 0 Å². The Kier molecular flexibility index (Phi) is 4.33. The largest absolute Gasteiger partial charge is 0.506 e. The van der Waals surface area contributed by atoms with Crippen molar-refractivity contribution in [3.63, 3.8) is 0 Å². The third-order valence-electron chi connectivity index (χ3n) is 2.71. The van der Waals surface area contributed by atoms with Crippen molar-refractivity contribution in [2.75, 3.05) is 10.6 Å². The number of hydrogen-bond donors (Lipinski definition) is 3. The van der Waals surface area contributed by atoms with E-state index in [-0.39, 0.29) is 22.8 Å². The van der Waals surface area contributed by atoms with Gasteiger partial charge in [-0.1, -0.05) is 24.3 Å². The molecular weight excluding hydrogens is 290 g/mol. The Bertz CT molecular complexity index is 745. The van der Waals surface area contributed by atoms with E-state index < -0.39 is 16.7 Å². The van der Waals surface area contributed by atoms with Gasteiger partial charge >= 0.3 is 11.8 Å². The minimum atomic E-state index is -1.09. The molecule has 8 heteroatoms. The van der Waals surface area contributed by atoms with Crippen molar-refractivity contribution >= 4 is 28.9 Å². The van der Waals surface area contributed by atoms with Crippen LogP contribution in [0.4, 0.5) is 17.1 Å². The van der Waals surface area contributed by atoms with E-state index in [0.717, 1.165) is 0 Å². The van der Waals surface area contributed by atoms with Gasteiger partial charge in [0.15, 0.2) is 0 Å². The molecule has 8 nitrogen and oxygen atoms in total. The van der Waals surface area contributed by atoms with Crippen molar-refractivity contribution in [3.8, 4) is 5.75 Å². The molecule has 0 aliphatic carbocycles. The molecule has 0 heterocycles. The fourth-order valence-corrected chi connectivity index (χ4v) is 1.68. The molecule has 0 aromatic heterocycles. The summed E-state index contributed by atoms with van der Waals surface area (Å²) in [5.41, 5.74) is -0.360. The summed E-state index contributed by atoms with van der Waals surface area (Å²) in [7, 11) is 0. The minimum absolute atomic E-state index is 0.0604. The lowest BCUT2D eigenvalue weighted by Gasteiger charge is -2.08. The Balaban J connectivity index is 2.11. The molecule has 0 bridgehead atoms. The maximum atomic E-state index is 11.8. The molecule has 0 radical (unpaired) electrons. The van der Waals surface area contributed by atoms with Crippen molar-refractivity contribution < 1.29 is 19.6 Å². The molecule has 0 saturated heterocycles. The molecule has 0 aliphatic heterocycles. The van der Waals surface area contributed by atoms with Crippen LogP contribution in [0.2, 0.25) is 0 Å². The first-order valence-electron chi connectivity index (χ1n) is 6.13. The maximum absolute atomic E-state index is 11.8. The summed E-state index contributed by atoms with van der Waals surface area (Å²) in [6.45, 7) is 0. The number of carbonyl (C=O) groups is 2. The fraction of sp³-hybridized carbons (Fsp3) is 0. The monoisotopic (exact) mass is 301 g/mol. The summed E-state index contributed by atoms with van der Waals surface area (Å²) in [5.74, 6) is -2.34. The van der Waals surface area contributed by atoms with Crippen LogP contribution >= 0.6 is 0 Å². The lowest BCUT2D eigenvalue weighted by Crippen LogP contribution is -2.29. The van der Waals surface area contributed by atoms with Crippen LogP contribution in [0.3, 0.4) is 0 Å². The topological polar surface area (TPSA) is 122 Å². The fourth-order valence-electron chi connectivity index (χ4n) is 1.68. The molecule has 2 rings (SSSR count). The summed E-state index contributed by atoms with van der Waals surface area (Å²) in [6.07, 6.45) is 0. The van der Waals surface area contributed by atoms with Gasteiger partial charge < -0.3 is 15.7 Å². The number of phenols is 1. The molecule has 0 unspecified atom stereocenters. The molecule has 3 N–H and O–H groups in total. The lowest BCUT2D eigenvalue weighted by molar-refractivity contribution is -0.383. The average Bonchev–Trinajstić information content (AvgIpc) is 2.49. The van der Waals surface area contributed by atoms with Gasteiger partial charge in [-0.25, -0.2) is 0 Å². The molecule has 0 atom stereocenters. The Hall–Kier alpha value is -3.42. The molecule has 2 aromatic rings. The van der Waals surface area contributed by atoms with Crippen molar-refractivity contribution in [1.82, 2.24) is 0 Å². The summed E-state index contributed by atoms with van der Waals surface area (Å²) in [5, 5.41) is 24.7. The summed E-state index contributed by atoms with van der Waals surface area (Å²) in [6, 6.07) is 11.3. The lowest BCUT2D eigenvalue weighted by atomic mass is 10.2. The third kappa shape index (κ3) is 3.37. The van der Waals surface area contributed by atoms with Crippen LogP contribution in [0.25, 0.3) is 0 Å². The smallest absolute Gasteiger partial charge is 0.314 e. The highest BCUT2D eigenvalue weighted by Crippen LogP contribution is 2.24. The average molecular weight is 301 g/mol. The van der Waals surface area contributed by atoms with Crippen LogP contribution < -0.4 is 10.6 Å². The number of nitrogens with one attached hydrogen (secondary N) is 2. The number of para-hydroxylation sites is 4. The number of nitrogens with zero attached hydrogens (tertiary/aromatic N) is 1. The van der Waals surface area contributed by atoms with Gasteiger partial charge in [-0.2, -0.15) is 0 Å². The second-order valence-electron chi connectivity index (χ2n) is 4.20. The molecule has 0 spiro atoms. The first-order chi connectivity index (χ1) is 10.5. The van der Waals surface area contributed by atoms with Gasteiger partial charge in [-0.15, -0.1) is 0 Å². The molecule has 2 aromatic carbocycles. The highest BCUT2D eigenvalue weighted by atomic mass is 16.6. The van der Waals surface area contributed by atoms with Gasteiger partial charge in [0.2, 0.25) is 0 Å². The first-order valence-corrected chi connectivity index (χ1v) is 6.13. The first kappa shape index (κ1) is 15.0. The number of carbonyl (C=O) groups excluding carboxylic acids is 2. The predicted octanol–water partition coefficient (Wildman–Crippen LogP) is 1.88. The van der Waals surface area contributed by atoms with Crippen molar-refractivity contribution in [2.24, 2.45) is 0 Å². The Morgan fingerprint density at radius 1 is 0.909 bits per heavy atom. The van der Waals surface area contributed by atoms with E-state index >= 15 is 0 Å². The number of nitro benzene ring substituents is 1. The van der Waals surface area contributed by atoms with E-state index in [1.807, 2.05) is 0 Å². The SMILES string of the molecule is O=C(Nc1ccccc1O)C(=O)Nc1ccccc1[N+](=O)[O-]. The number of benzene rings is 2. The van der Waals surface area contributed by atoms with Crippen LogP contribution in [0.1, 0.15) is 0 Å². The predicted molar refractivity (Wildman–Crippen MR) is 78.5 cm³/mol.